The van der Waals surface area contributed by atoms with Crippen molar-refractivity contribution in [2.75, 3.05) is 19.1 Å². The molecule has 2 N–H and O–H groups in total. The molecule has 0 spiro atoms. The standard InChI is InChI=1S/C31H33N3O3/c1-34(23-14-16-24(37-2)17-15-23)31(36)29-19-22-10-7-9-21(18-22)8-3-5-13-28-26(20-30(35)33-29)25-11-4-6-12-27(25)32-28/h4,6-7,9-12,14-18,29,32H,3,5,8,13,19-20H2,1-2H3,(H,33,35)/t29-/m0/s1. The Kier molecular flexibility index (Phi) is 7.26. The molecule has 4 aromatic rings. The van der Waals surface area contributed by atoms with E-state index < -0.39 is 6.04 Å². The van der Waals surface area contributed by atoms with Crippen LogP contribution >= 0.6 is 0 Å². The molecule has 3 aromatic carbocycles. The van der Waals surface area contributed by atoms with Crippen molar-refractivity contribution in [3.05, 3.63) is 95.2 Å². The van der Waals surface area contributed by atoms with Gasteiger partial charge in [0.15, 0.2) is 0 Å². The summed E-state index contributed by atoms with van der Waals surface area (Å²) >= 11 is 0. The lowest BCUT2D eigenvalue weighted by molar-refractivity contribution is -0.127. The molecular weight excluding hydrogens is 462 g/mol. The molecule has 190 valence electrons. The van der Waals surface area contributed by atoms with Gasteiger partial charge in [-0.15, -0.1) is 0 Å². The summed E-state index contributed by atoms with van der Waals surface area (Å²) in [5, 5.41) is 4.15. The minimum atomic E-state index is -0.688. The normalized spacial score (nSPS) is 16.4. The second-order valence-electron chi connectivity index (χ2n) is 9.75. The number of hydrogen-bond donors (Lipinski definition) is 2. The van der Waals surface area contributed by atoms with Crippen LogP contribution in [0, 0.1) is 0 Å². The molecule has 6 nitrogen and oxygen atoms in total. The van der Waals surface area contributed by atoms with Crippen LogP contribution in [0.25, 0.3) is 10.9 Å². The van der Waals surface area contributed by atoms with Gasteiger partial charge in [0, 0.05) is 35.8 Å². The number of amides is 2. The number of aromatic amines is 1. The summed E-state index contributed by atoms with van der Waals surface area (Å²) in [5.74, 6) is 0.415. The van der Waals surface area contributed by atoms with Gasteiger partial charge in [-0.2, -0.15) is 0 Å². The van der Waals surface area contributed by atoms with Gasteiger partial charge in [0.1, 0.15) is 11.8 Å². The van der Waals surface area contributed by atoms with E-state index in [-0.39, 0.29) is 18.2 Å². The molecule has 0 saturated carbocycles. The van der Waals surface area contributed by atoms with Crippen LogP contribution < -0.4 is 15.0 Å². The number of anilines is 1. The van der Waals surface area contributed by atoms with Crippen molar-refractivity contribution in [3.8, 4) is 5.75 Å². The minimum absolute atomic E-state index is 0.152. The number of rotatable bonds is 3. The van der Waals surface area contributed by atoms with Crippen LogP contribution in [0.4, 0.5) is 5.69 Å². The van der Waals surface area contributed by atoms with Crippen molar-refractivity contribution < 1.29 is 14.3 Å². The van der Waals surface area contributed by atoms with Crippen molar-refractivity contribution in [1.29, 1.82) is 0 Å². The number of ether oxygens (including phenoxy) is 1. The lowest BCUT2D eigenvalue weighted by atomic mass is 9.97. The molecular formula is C31H33N3O3. The number of methoxy groups -OCH3 is 1. The first-order valence-corrected chi connectivity index (χ1v) is 12.9. The monoisotopic (exact) mass is 495 g/mol. The molecule has 1 aliphatic rings. The molecule has 0 fully saturated rings. The van der Waals surface area contributed by atoms with E-state index in [1.165, 1.54) is 5.56 Å². The third kappa shape index (κ3) is 5.53. The molecule has 2 bridgehead atoms. The van der Waals surface area contributed by atoms with Crippen LogP contribution in [0.1, 0.15) is 35.2 Å². The fraction of sp³-hybridized carbons (Fsp3) is 0.290. The average molecular weight is 496 g/mol. The van der Waals surface area contributed by atoms with Crippen molar-refractivity contribution >= 4 is 28.4 Å². The highest BCUT2D eigenvalue weighted by molar-refractivity contribution is 5.99. The first-order chi connectivity index (χ1) is 18.0. The number of fused-ring (bicyclic) bond motifs is 5. The Morgan fingerprint density at radius 1 is 0.946 bits per heavy atom. The number of benzene rings is 3. The number of aryl methyl sites for hydroxylation is 2. The zero-order chi connectivity index (χ0) is 25.8. The predicted molar refractivity (Wildman–Crippen MR) is 147 cm³/mol. The van der Waals surface area contributed by atoms with Gasteiger partial charge in [-0.05, 0) is 72.7 Å². The van der Waals surface area contributed by atoms with Gasteiger partial charge in [-0.1, -0.05) is 42.5 Å². The van der Waals surface area contributed by atoms with E-state index in [0.29, 0.717) is 6.42 Å². The maximum Gasteiger partial charge on any atom is 0.249 e. The van der Waals surface area contributed by atoms with E-state index in [1.807, 2.05) is 48.5 Å². The Bertz CT molecular complexity index is 1410. The second-order valence-corrected chi connectivity index (χ2v) is 9.75. The first kappa shape index (κ1) is 24.6. The number of nitrogens with zero attached hydrogens (tertiary/aromatic N) is 1. The Morgan fingerprint density at radius 3 is 2.51 bits per heavy atom. The van der Waals surface area contributed by atoms with Gasteiger partial charge >= 0.3 is 0 Å². The number of H-pyrrole nitrogens is 1. The summed E-state index contributed by atoms with van der Waals surface area (Å²) in [6.45, 7) is 0. The van der Waals surface area contributed by atoms with Crippen LogP contribution in [-0.2, 0) is 35.3 Å². The number of carbonyl (C=O) groups is 2. The molecule has 2 heterocycles. The smallest absolute Gasteiger partial charge is 0.249 e. The summed E-state index contributed by atoms with van der Waals surface area (Å²) in [4.78, 5) is 32.3. The Labute approximate surface area is 217 Å². The van der Waals surface area contributed by atoms with Crippen molar-refractivity contribution in [2.45, 2.75) is 44.6 Å². The summed E-state index contributed by atoms with van der Waals surface area (Å²) in [6, 6.07) is 23.2. The van der Waals surface area contributed by atoms with Crippen LogP contribution in [0.5, 0.6) is 5.75 Å². The van der Waals surface area contributed by atoms with Crippen molar-refractivity contribution in [2.24, 2.45) is 0 Å². The van der Waals surface area contributed by atoms with Crippen LogP contribution in [0.2, 0.25) is 0 Å². The van der Waals surface area contributed by atoms with Crippen molar-refractivity contribution in [1.82, 2.24) is 10.3 Å². The number of hydrogen-bond acceptors (Lipinski definition) is 3. The molecule has 5 rings (SSSR count). The predicted octanol–water partition coefficient (Wildman–Crippen LogP) is 4.99. The lowest BCUT2D eigenvalue weighted by Gasteiger charge is -2.25. The molecule has 0 unspecified atom stereocenters. The Hall–Kier alpha value is -4.06. The van der Waals surface area contributed by atoms with E-state index in [2.05, 4.69) is 34.6 Å². The first-order valence-electron chi connectivity index (χ1n) is 12.9. The number of nitrogens with one attached hydrogen (secondary N) is 2. The number of carbonyl (C=O) groups excluding carboxylic acids is 2. The maximum absolute atomic E-state index is 13.7. The zero-order valence-electron chi connectivity index (χ0n) is 21.4. The van der Waals surface area contributed by atoms with Gasteiger partial charge in [-0.25, -0.2) is 0 Å². The van der Waals surface area contributed by atoms with E-state index in [4.69, 9.17) is 4.74 Å². The van der Waals surface area contributed by atoms with Crippen LogP contribution in [-0.4, -0.2) is 37.0 Å². The fourth-order valence-corrected chi connectivity index (χ4v) is 5.22. The highest BCUT2D eigenvalue weighted by Crippen LogP contribution is 2.25. The summed E-state index contributed by atoms with van der Waals surface area (Å²) in [6.07, 6.45) is 4.64. The summed E-state index contributed by atoms with van der Waals surface area (Å²) in [7, 11) is 3.36. The molecule has 1 aliphatic heterocycles. The third-order valence-electron chi connectivity index (χ3n) is 7.24. The maximum atomic E-state index is 13.7. The summed E-state index contributed by atoms with van der Waals surface area (Å²) in [5.41, 5.74) is 6.23. The molecule has 0 aliphatic carbocycles. The molecule has 1 atom stereocenters. The van der Waals surface area contributed by atoms with E-state index in [0.717, 1.165) is 64.8 Å². The largest absolute Gasteiger partial charge is 0.497 e. The average Bonchev–Trinajstić information content (AvgIpc) is 3.26. The van der Waals surface area contributed by atoms with Gasteiger partial charge < -0.3 is 19.9 Å². The highest BCUT2D eigenvalue weighted by atomic mass is 16.5. The fourth-order valence-electron chi connectivity index (χ4n) is 5.22. The SMILES string of the molecule is COc1ccc(N(C)C(=O)[C@@H]2Cc3cccc(c3)CCCCc3[nH]c4ccccc4c3CC(=O)N2)cc1. The van der Waals surface area contributed by atoms with Crippen LogP contribution in [0.3, 0.4) is 0 Å². The molecule has 0 saturated heterocycles. The third-order valence-corrected chi connectivity index (χ3v) is 7.24. The Balaban J connectivity index is 1.47. The molecule has 1 aromatic heterocycles. The van der Waals surface area contributed by atoms with Gasteiger partial charge in [0.05, 0.1) is 13.5 Å². The molecule has 6 heteroatoms. The lowest BCUT2D eigenvalue weighted by Crippen LogP contribution is -2.49. The second kappa shape index (κ2) is 10.9. The quantitative estimate of drug-likeness (QED) is 0.421. The minimum Gasteiger partial charge on any atom is -0.497 e. The zero-order valence-corrected chi connectivity index (χ0v) is 21.4. The number of likely N-dealkylation sites (N-methyl/N-ethyl adjacent to an activating group) is 1. The topological polar surface area (TPSA) is 74.4 Å². The Morgan fingerprint density at radius 2 is 1.70 bits per heavy atom. The number of aromatic nitrogens is 1. The molecule has 2 amide bonds. The van der Waals surface area contributed by atoms with Crippen LogP contribution in [0.15, 0.2) is 72.8 Å². The summed E-state index contributed by atoms with van der Waals surface area (Å²) < 4.78 is 5.25. The van der Waals surface area contributed by atoms with Gasteiger partial charge in [0.25, 0.3) is 0 Å². The van der Waals surface area contributed by atoms with E-state index in [9.17, 15) is 9.59 Å². The van der Waals surface area contributed by atoms with Gasteiger partial charge in [0.2, 0.25) is 11.8 Å². The molecule has 0 radical (unpaired) electrons. The van der Waals surface area contributed by atoms with Crippen molar-refractivity contribution in [3.63, 3.8) is 0 Å². The highest BCUT2D eigenvalue weighted by Gasteiger charge is 2.26. The van der Waals surface area contributed by atoms with E-state index >= 15 is 0 Å². The molecule has 37 heavy (non-hydrogen) atoms. The van der Waals surface area contributed by atoms with Gasteiger partial charge in [-0.3, -0.25) is 9.59 Å². The number of para-hydroxylation sites is 1. The van der Waals surface area contributed by atoms with E-state index in [1.54, 1.807) is 19.1 Å².